The van der Waals surface area contributed by atoms with Gasteiger partial charge in [0.25, 0.3) is 0 Å². The minimum atomic E-state index is 1.07. The Hall–Kier alpha value is -0.540. The Morgan fingerprint density at radius 2 is 2.50 bits per heavy atom. The summed E-state index contributed by atoms with van der Waals surface area (Å²) in [6.07, 6.45) is 2.45. The van der Waals surface area contributed by atoms with Gasteiger partial charge in [-0.3, -0.25) is 0 Å². The molecule has 54 valence electrons. The Morgan fingerprint density at radius 1 is 1.50 bits per heavy atom. The molecule has 0 saturated heterocycles. The topological polar surface area (TPSA) is 24.1 Å². The van der Waals surface area contributed by atoms with Gasteiger partial charge in [0, 0.05) is 11.4 Å². The second-order valence-electron chi connectivity index (χ2n) is 2.41. The number of nitrogens with one attached hydrogen (secondary N) is 2. The van der Waals surface area contributed by atoms with Crippen molar-refractivity contribution in [3.8, 4) is 0 Å². The molecule has 1 aromatic heterocycles. The highest BCUT2D eigenvalue weighted by atomic mass is 32.1. The molecule has 0 amide bonds. The molecule has 10 heavy (non-hydrogen) atoms. The maximum atomic E-state index is 3.17. The first-order valence-corrected chi connectivity index (χ1v) is 4.40. The highest BCUT2D eigenvalue weighted by Gasteiger charge is 2.05. The van der Waals surface area contributed by atoms with Crippen molar-refractivity contribution in [3.63, 3.8) is 0 Å². The van der Waals surface area contributed by atoms with Crippen LogP contribution >= 0.6 is 11.3 Å². The van der Waals surface area contributed by atoms with E-state index in [0.717, 1.165) is 6.54 Å². The van der Waals surface area contributed by atoms with Crippen molar-refractivity contribution in [2.75, 3.05) is 12.0 Å². The van der Waals surface area contributed by atoms with Gasteiger partial charge in [-0.05, 0) is 24.3 Å². The Kier molecular flexibility index (Phi) is 1.61. The third kappa shape index (κ3) is 1.02. The molecule has 1 aromatic rings. The lowest BCUT2D eigenvalue weighted by molar-refractivity contribution is 0.743. The summed E-state index contributed by atoms with van der Waals surface area (Å²) in [5, 5.41) is 2.13. The molecule has 1 aliphatic heterocycles. The molecule has 0 saturated carbocycles. The summed E-state index contributed by atoms with van der Waals surface area (Å²) in [5.74, 6) is 0. The van der Waals surface area contributed by atoms with Crippen molar-refractivity contribution >= 4 is 17.0 Å². The van der Waals surface area contributed by atoms with Gasteiger partial charge in [0.1, 0.15) is 0 Å². The molecule has 1 aliphatic rings. The van der Waals surface area contributed by atoms with E-state index in [4.69, 9.17) is 0 Å². The van der Waals surface area contributed by atoms with Gasteiger partial charge in [-0.1, -0.05) is 0 Å². The van der Waals surface area contributed by atoms with Crippen molar-refractivity contribution in [2.45, 2.75) is 12.8 Å². The third-order valence-corrected chi connectivity index (χ3v) is 2.65. The van der Waals surface area contributed by atoms with E-state index < -0.39 is 0 Å². The first kappa shape index (κ1) is 6.19. The number of anilines is 1. The Labute approximate surface area is 64.2 Å². The van der Waals surface area contributed by atoms with E-state index in [1.54, 1.807) is 0 Å². The number of aryl methyl sites for hydroxylation is 1. The predicted molar refractivity (Wildman–Crippen MR) is 44.3 cm³/mol. The molecule has 0 aromatic carbocycles. The molecule has 0 spiro atoms. The van der Waals surface area contributed by atoms with Crippen LogP contribution in [0, 0.1) is 0 Å². The van der Waals surface area contributed by atoms with Crippen molar-refractivity contribution in [1.29, 1.82) is 0 Å². The summed E-state index contributed by atoms with van der Waals surface area (Å²) in [6.45, 7) is 1.07. The number of rotatable bonds is 0. The molecule has 0 unspecified atom stereocenters. The Balaban J connectivity index is 2.28. The number of hydrogen-bond acceptors (Lipinski definition) is 3. The first-order valence-electron chi connectivity index (χ1n) is 3.52. The van der Waals surface area contributed by atoms with E-state index in [0.29, 0.717) is 0 Å². The van der Waals surface area contributed by atoms with Crippen LogP contribution in [0.1, 0.15) is 11.3 Å². The third-order valence-electron chi connectivity index (χ3n) is 1.67. The first-order chi connectivity index (χ1) is 4.97. The number of hydrogen-bond donors (Lipinski definition) is 2. The van der Waals surface area contributed by atoms with E-state index in [2.05, 4.69) is 22.3 Å². The molecule has 2 rings (SSSR count). The smallest absolute Gasteiger partial charge is 0.0626 e. The Morgan fingerprint density at radius 3 is 3.50 bits per heavy atom. The maximum absolute atomic E-state index is 3.17. The van der Waals surface area contributed by atoms with Crippen LogP contribution in [-0.2, 0) is 6.42 Å². The monoisotopic (exact) mass is 154 g/mol. The zero-order chi connectivity index (χ0) is 6.81. The molecule has 0 fully saturated rings. The number of hydrazine groups is 1. The van der Waals surface area contributed by atoms with Gasteiger partial charge in [0.05, 0.1) is 5.69 Å². The minimum Gasteiger partial charge on any atom is -0.320 e. The second-order valence-corrected chi connectivity index (χ2v) is 3.41. The Bertz CT molecular complexity index is 199. The predicted octanol–water partition coefficient (Wildman–Crippen LogP) is 1.61. The van der Waals surface area contributed by atoms with E-state index in [1.165, 1.54) is 23.4 Å². The van der Waals surface area contributed by atoms with Gasteiger partial charge >= 0.3 is 0 Å². The van der Waals surface area contributed by atoms with Gasteiger partial charge < -0.3 is 5.43 Å². The fourth-order valence-electron chi connectivity index (χ4n) is 1.14. The van der Waals surface area contributed by atoms with Crippen LogP contribution in [0.4, 0.5) is 5.69 Å². The number of fused-ring (bicyclic) bond motifs is 1. The molecule has 2 heterocycles. The summed E-state index contributed by atoms with van der Waals surface area (Å²) >= 11 is 1.84. The van der Waals surface area contributed by atoms with Gasteiger partial charge in [-0.25, -0.2) is 5.43 Å². The maximum Gasteiger partial charge on any atom is 0.0626 e. The fourth-order valence-corrected chi connectivity index (χ4v) is 2.02. The zero-order valence-corrected chi connectivity index (χ0v) is 6.50. The van der Waals surface area contributed by atoms with Crippen molar-refractivity contribution in [1.82, 2.24) is 5.43 Å². The molecule has 0 aliphatic carbocycles. The fraction of sp³-hybridized carbons (Fsp3) is 0.429. The van der Waals surface area contributed by atoms with Crippen LogP contribution in [0.25, 0.3) is 0 Å². The van der Waals surface area contributed by atoms with Crippen molar-refractivity contribution in [2.24, 2.45) is 0 Å². The van der Waals surface area contributed by atoms with Crippen LogP contribution in [0.5, 0.6) is 0 Å². The van der Waals surface area contributed by atoms with Gasteiger partial charge in [-0.2, -0.15) is 0 Å². The van der Waals surface area contributed by atoms with Gasteiger partial charge in [0.15, 0.2) is 0 Å². The molecule has 3 heteroatoms. The summed E-state index contributed by atoms with van der Waals surface area (Å²) in [4.78, 5) is 1.48. The minimum absolute atomic E-state index is 1.07. The molecule has 2 N–H and O–H groups in total. The molecule has 2 nitrogen and oxygen atoms in total. The SMILES string of the molecule is c1cc2c(s1)CCCNN2. The summed E-state index contributed by atoms with van der Waals surface area (Å²) in [5.41, 5.74) is 7.58. The van der Waals surface area contributed by atoms with E-state index >= 15 is 0 Å². The lowest BCUT2D eigenvalue weighted by Crippen LogP contribution is -2.20. The molecule has 0 bridgehead atoms. The highest BCUT2D eigenvalue weighted by molar-refractivity contribution is 7.10. The second kappa shape index (κ2) is 2.60. The summed E-state index contributed by atoms with van der Waals surface area (Å²) < 4.78 is 0. The van der Waals surface area contributed by atoms with E-state index in [9.17, 15) is 0 Å². The van der Waals surface area contributed by atoms with Crippen LogP contribution in [0.2, 0.25) is 0 Å². The van der Waals surface area contributed by atoms with E-state index in [-0.39, 0.29) is 0 Å². The molecular formula is C7H10N2S. The summed E-state index contributed by atoms with van der Waals surface area (Å²) in [6, 6.07) is 2.12. The van der Waals surface area contributed by atoms with Crippen molar-refractivity contribution < 1.29 is 0 Å². The quantitative estimate of drug-likeness (QED) is 0.593. The highest BCUT2D eigenvalue weighted by Crippen LogP contribution is 2.24. The number of thiophene rings is 1. The average Bonchev–Trinajstić information content (AvgIpc) is 2.28. The van der Waals surface area contributed by atoms with Crippen LogP contribution in [0.15, 0.2) is 11.4 Å². The lowest BCUT2D eigenvalue weighted by atomic mass is 10.2. The zero-order valence-electron chi connectivity index (χ0n) is 5.68. The van der Waals surface area contributed by atoms with Crippen LogP contribution in [0.3, 0.4) is 0 Å². The van der Waals surface area contributed by atoms with Gasteiger partial charge in [-0.15, -0.1) is 11.3 Å². The summed E-state index contributed by atoms with van der Waals surface area (Å²) in [7, 11) is 0. The molecule has 0 radical (unpaired) electrons. The molecule has 0 atom stereocenters. The van der Waals surface area contributed by atoms with Crippen molar-refractivity contribution in [3.05, 3.63) is 16.3 Å². The lowest BCUT2D eigenvalue weighted by Gasteiger charge is -2.00. The average molecular weight is 154 g/mol. The van der Waals surface area contributed by atoms with Crippen LogP contribution < -0.4 is 10.9 Å². The standard InChI is InChI=1S/C7H10N2S/c1-2-7-6(3-5-10-7)9-8-4-1/h3,5,8-9H,1-2,4H2. The molecular weight excluding hydrogens is 144 g/mol. The van der Waals surface area contributed by atoms with Crippen LogP contribution in [-0.4, -0.2) is 6.54 Å². The normalized spacial score (nSPS) is 17.2. The van der Waals surface area contributed by atoms with E-state index in [1.807, 2.05) is 11.3 Å². The largest absolute Gasteiger partial charge is 0.320 e. The van der Waals surface area contributed by atoms with Gasteiger partial charge in [0.2, 0.25) is 0 Å².